The highest BCUT2D eigenvalue weighted by molar-refractivity contribution is 7.26. The van der Waals surface area contributed by atoms with Crippen molar-refractivity contribution in [3.8, 4) is 56.0 Å². The highest BCUT2D eigenvalue weighted by Gasteiger charge is 2.17. The third-order valence-corrected chi connectivity index (χ3v) is 10.0. The van der Waals surface area contributed by atoms with Crippen molar-refractivity contribution in [3.63, 3.8) is 0 Å². The molecule has 0 aliphatic rings. The number of hydrogen-bond acceptors (Lipinski definition) is 4. The van der Waals surface area contributed by atoms with Crippen LogP contribution in [0.2, 0.25) is 0 Å². The maximum Gasteiger partial charge on any atom is 0.160 e. The van der Waals surface area contributed by atoms with Gasteiger partial charge < -0.3 is 0 Å². The first-order chi connectivity index (χ1) is 35.2. The Kier molecular flexibility index (Phi) is 3.19. The summed E-state index contributed by atoms with van der Waals surface area (Å²) in [6, 6.07) is -13.7. The Morgan fingerprint density at radius 1 is 0.420 bits per heavy atom. The molecular weight excluding hydrogens is 645 g/mol. The van der Waals surface area contributed by atoms with Gasteiger partial charge in [0.05, 0.1) is 50.2 Å². The van der Waals surface area contributed by atoms with Gasteiger partial charge in [0, 0.05) is 41.4 Å². The Labute approximate surface area is 332 Å². The van der Waals surface area contributed by atoms with Crippen molar-refractivity contribution >= 4 is 63.1 Å². The summed E-state index contributed by atoms with van der Waals surface area (Å²) < 4.78 is 220. The quantitative estimate of drug-likeness (QED) is 0.179. The molecule has 0 unspecified atom stereocenters. The fourth-order valence-electron chi connectivity index (χ4n) is 5.52. The molecule has 7 aromatic carbocycles. The SMILES string of the molecule is [2H]c1c([2H])c([2H])c(-c2nc(-c3c([2H])c([2H])c([2H])c([2H])c3[2H])c3sc4ccc(-c5c([2H])c([2H])c([2H])c(-c6c([2H])c([2H])c([2H])c(-c7c([2H])c([2H])c([2H])c8c7sc7c([2H])c([2H])c([2H])c([2H])c78)c6[2H])c5[2H])cc4c3n2)c([2H])c1[2H]. The van der Waals surface area contributed by atoms with Gasteiger partial charge in [0.15, 0.2) is 5.82 Å². The van der Waals surface area contributed by atoms with Gasteiger partial charge in [0.1, 0.15) is 0 Å². The fourth-order valence-corrected chi connectivity index (χ4v) is 7.71. The molecule has 3 aromatic heterocycles. The summed E-state index contributed by atoms with van der Waals surface area (Å²) in [5.74, 6) is -0.491. The van der Waals surface area contributed by atoms with Gasteiger partial charge in [-0.05, 0) is 63.6 Å². The number of fused-ring (bicyclic) bond motifs is 6. The van der Waals surface area contributed by atoms with Gasteiger partial charge in [-0.1, -0.05) is 139 Å². The van der Waals surface area contributed by atoms with Crippen molar-refractivity contribution in [3.05, 3.63) is 169 Å². The molecule has 0 bridgehead atoms. The van der Waals surface area contributed by atoms with Gasteiger partial charge in [-0.15, -0.1) is 22.7 Å². The molecule has 0 aliphatic heterocycles. The van der Waals surface area contributed by atoms with Gasteiger partial charge >= 0.3 is 0 Å². The lowest BCUT2D eigenvalue weighted by Crippen LogP contribution is -1.93. The van der Waals surface area contributed by atoms with Crippen LogP contribution in [0.5, 0.6) is 0 Å². The van der Waals surface area contributed by atoms with Crippen LogP contribution in [0.4, 0.5) is 0 Å². The molecule has 0 amide bonds. The average molecular weight is 698 g/mol. The van der Waals surface area contributed by atoms with Crippen LogP contribution in [-0.2, 0) is 0 Å². The minimum Gasteiger partial charge on any atom is -0.226 e. The van der Waals surface area contributed by atoms with E-state index in [0.29, 0.717) is 16.0 Å². The average Bonchev–Trinajstić information content (AvgIpc) is 3.97. The lowest BCUT2D eigenvalue weighted by Gasteiger charge is -2.10. The van der Waals surface area contributed by atoms with E-state index < -0.39 is 190 Å². The molecule has 0 N–H and O–H groups in total. The standard InChI is InChI=1S/C46H28N2S2/c1-3-12-29(13-4-1)42-45-43(48-46(47-42)30-14-5-2-6-15-30)39-28-34(24-25-41(39)50-45)32-17-9-16-31(26-32)33-18-10-19-35(27-33)36-21-11-22-38-37-20-7-8-23-40(37)49-44(36)38/h1-28H/i1D,2D,3D,4D,5D,6D,7D,8D,9D,10D,11D,12D,13D,14D,15D,16D,17D,18D,19D,20D,21D,22D,23D,26D,27D. The van der Waals surface area contributed by atoms with Gasteiger partial charge in [-0.3, -0.25) is 0 Å². The molecule has 0 spiro atoms. The second-order valence-electron chi connectivity index (χ2n) is 10.6. The minimum atomic E-state index is -0.882. The topological polar surface area (TPSA) is 25.8 Å². The molecule has 4 heteroatoms. The van der Waals surface area contributed by atoms with Crippen molar-refractivity contribution in [2.45, 2.75) is 0 Å². The molecule has 10 aromatic rings. The summed E-state index contributed by atoms with van der Waals surface area (Å²) in [5.41, 5.74) is -3.81. The first-order valence-electron chi connectivity index (χ1n) is 27.2. The lowest BCUT2D eigenvalue weighted by atomic mass is 9.95. The Morgan fingerprint density at radius 2 is 1.02 bits per heavy atom. The second-order valence-corrected chi connectivity index (χ2v) is 12.7. The largest absolute Gasteiger partial charge is 0.226 e. The van der Waals surface area contributed by atoms with E-state index in [0.717, 1.165) is 11.3 Å². The van der Waals surface area contributed by atoms with E-state index in [9.17, 15) is 2.74 Å². The molecule has 234 valence electrons. The number of benzene rings is 7. The maximum absolute atomic E-state index is 9.65. The summed E-state index contributed by atoms with van der Waals surface area (Å²) in [6.45, 7) is 0. The first kappa shape index (κ1) is 13.4. The molecule has 0 saturated heterocycles. The van der Waals surface area contributed by atoms with Crippen LogP contribution < -0.4 is 0 Å². The third-order valence-electron chi connectivity index (χ3n) is 7.75. The summed E-state index contributed by atoms with van der Waals surface area (Å²) in [4.78, 5) is 9.18. The zero-order valence-corrected chi connectivity index (χ0v) is 26.6. The molecular formula is C46H28N2S2. The molecule has 0 aliphatic carbocycles. The molecule has 10 rings (SSSR count). The number of aromatic nitrogens is 2. The van der Waals surface area contributed by atoms with Crippen molar-refractivity contribution in [1.82, 2.24) is 9.97 Å². The van der Waals surface area contributed by atoms with Crippen LogP contribution in [-0.4, -0.2) is 9.97 Å². The number of thiophene rings is 2. The number of rotatable bonds is 5. The number of hydrogen-bond donors (Lipinski definition) is 0. The Morgan fingerprint density at radius 3 is 1.82 bits per heavy atom. The highest BCUT2D eigenvalue weighted by atomic mass is 32.1. The molecule has 3 heterocycles. The van der Waals surface area contributed by atoms with E-state index >= 15 is 0 Å². The molecule has 0 fully saturated rings. The summed E-state index contributed by atoms with van der Waals surface area (Å²) in [7, 11) is 0. The summed E-state index contributed by atoms with van der Waals surface area (Å²) in [5, 5.41) is -0.174. The second kappa shape index (κ2) is 11.9. The Balaban J connectivity index is 1.27. The van der Waals surface area contributed by atoms with Crippen LogP contribution in [0.15, 0.2) is 169 Å². The zero-order valence-electron chi connectivity index (χ0n) is 49.9. The van der Waals surface area contributed by atoms with E-state index in [1.54, 1.807) is 0 Å². The van der Waals surface area contributed by atoms with Gasteiger partial charge in [-0.25, -0.2) is 9.97 Å². The van der Waals surface area contributed by atoms with Crippen molar-refractivity contribution < 1.29 is 34.3 Å². The van der Waals surface area contributed by atoms with Crippen molar-refractivity contribution in [2.75, 3.05) is 0 Å². The predicted octanol–water partition coefficient (Wildman–Crippen LogP) is 13.5. The molecule has 50 heavy (non-hydrogen) atoms. The highest BCUT2D eigenvalue weighted by Crippen LogP contribution is 2.43. The molecule has 0 atom stereocenters. The van der Waals surface area contributed by atoms with Crippen LogP contribution >= 0.6 is 22.7 Å². The minimum absolute atomic E-state index is 0.00833. The maximum atomic E-state index is 9.65. The van der Waals surface area contributed by atoms with Gasteiger partial charge in [0.25, 0.3) is 0 Å². The van der Waals surface area contributed by atoms with E-state index in [1.165, 1.54) is 18.2 Å². The predicted molar refractivity (Wildman–Crippen MR) is 215 cm³/mol. The summed E-state index contributed by atoms with van der Waals surface area (Å²) in [6.07, 6.45) is 0. The van der Waals surface area contributed by atoms with E-state index in [4.69, 9.17) is 31.5 Å². The van der Waals surface area contributed by atoms with Crippen molar-refractivity contribution in [1.29, 1.82) is 0 Å². The van der Waals surface area contributed by atoms with Crippen LogP contribution in [0.3, 0.4) is 0 Å². The van der Waals surface area contributed by atoms with Crippen molar-refractivity contribution in [2.24, 2.45) is 0 Å². The zero-order chi connectivity index (χ0) is 54.8. The normalized spacial score (nSPS) is 18.6. The van der Waals surface area contributed by atoms with E-state index in [-0.39, 0.29) is 52.6 Å². The van der Waals surface area contributed by atoms with Gasteiger partial charge in [-0.2, -0.15) is 0 Å². The fraction of sp³-hybridized carbons (Fsp3) is 0. The van der Waals surface area contributed by atoms with Crippen LogP contribution in [0, 0.1) is 0 Å². The Hall–Kier alpha value is -5.94. The van der Waals surface area contributed by atoms with Crippen LogP contribution in [0.25, 0.3) is 96.5 Å². The first-order valence-corrected chi connectivity index (χ1v) is 16.3. The molecule has 0 saturated carbocycles. The van der Waals surface area contributed by atoms with E-state index in [1.807, 2.05) is 0 Å². The number of nitrogens with zero attached hydrogens (tertiary/aromatic N) is 2. The third kappa shape index (κ3) is 4.92. The van der Waals surface area contributed by atoms with E-state index in [2.05, 4.69) is 9.97 Å². The van der Waals surface area contributed by atoms with Gasteiger partial charge in [0.2, 0.25) is 0 Å². The van der Waals surface area contributed by atoms with Crippen LogP contribution in [0.1, 0.15) is 34.3 Å². The summed E-state index contributed by atoms with van der Waals surface area (Å²) >= 11 is 1.68. The molecule has 2 nitrogen and oxygen atoms in total. The lowest BCUT2D eigenvalue weighted by molar-refractivity contribution is 1.24. The smallest absolute Gasteiger partial charge is 0.160 e. The Bertz CT molecular complexity index is 4260. The molecule has 0 radical (unpaired) electrons. The monoisotopic (exact) mass is 697 g/mol.